The molecule has 0 atom stereocenters. The van der Waals surface area contributed by atoms with Crippen molar-refractivity contribution in [3.63, 3.8) is 0 Å². The molecule has 1 amide bonds. The van der Waals surface area contributed by atoms with Crippen LogP contribution in [0.5, 0.6) is 17.2 Å². The number of ether oxygens (including phenoxy) is 3. The van der Waals surface area contributed by atoms with E-state index in [-0.39, 0.29) is 34.9 Å². The van der Waals surface area contributed by atoms with Crippen LogP contribution in [0, 0.1) is 0 Å². The van der Waals surface area contributed by atoms with Crippen LogP contribution in [-0.4, -0.2) is 44.0 Å². The van der Waals surface area contributed by atoms with Crippen molar-refractivity contribution in [1.29, 1.82) is 0 Å². The minimum atomic E-state index is -3.97. The van der Waals surface area contributed by atoms with E-state index in [0.29, 0.717) is 11.4 Å². The Bertz CT molecular complexity index is 1200. The summed E-state index contributed by atoms with van der Waals surface area (Å²) >= 11 is 0. The molecular weight excluding hydrogens is 452 g/mol. The fourth-order valence-electron chi connectivity index (χ4n) is 2.80. The normalized spacial score (nSPS) is 18.0. The second-order valence-corrected chi connectivity index (χ2v) is 6.50. The van der Waals surface area contributed by atoms with Gasteiger partial charge in [0.25, 0.3) is 0 Å². The molecule has 2 aliphatic heterocycles. The Morgan fingerprint density at radius 3 is 2.27 bits per heavy atom. The molecule has 2 aromatic rings. The molecule has 0 saturated heterocycles. The van der Waals surface area contributed by atoms with E-state index in [9.17, 15) is 22.4 Å². The lowest BCUT2D eigenvalue weighted by atomic mass is 10.2. The van der Waals surface area contributed by atoms with Gasteiger partial charge in [0.1, 0.15) is 0 Å². The predicted molar refractivity (Wildman–Crippen MR) is 111 cm³/mol. The maximum atomic E-state index is 13.4. The highest BCUT2D eigenvalue weighted by Crippen LogP contribution is 2.42. The number of anilines is 3. The van der Waals surface area contributed by atoms with Crippen LogP contribution in [0.2, 0.25) is 0 Å². The third kappa shape index (κ3) is 4.63. The Morgan fingerprint density at radius 1 is 0.939 bits per heavy atom. The number of nitrogens with one attached hydrogen (secondary N) is 3. The van der Waals surface area contributed by atoms with Gasteiger partial charge in [0.2, 0.25) is 11.9 Å². The van der Waals surface area contributed by atoms with Crippen LogP contribution < -0.4 is 30.2 Å². The molecule has 0 radical (unpaired) electrons. The van der Waals surface area contributed by atoms with Gasteiger partial charge in [-0.2, -0.15) is 13.8 Å². The third-order valence-electron chi connectivity index (χ3n) is 4.22. The number of amides is 1. The van der Waals surface area contributed by atoms with Crippen LogP contribution >= 0.6 is 0 Å². The van der Waals surface area contributed by atoms with Crippen LogP contribution in [0.25, 0.3) is 0 Å². The first-order valence-corrected chi connectivity index (χ1v) is 9.07. The summed E-state index contributed by atoms with van der Waals surface area (Å²) in [4.78, 5) is 23.2. The highest BCUT2D eigenvalue weighted by Gasteiger charge is 2.46. The van der Waals surface area contributed by atoms with Crippen LogP contribution in [-0.2, 0) is 4.79 Å². The number of alkyl halides is 4. The first-order valence-electron chi connectivity index (χ1n) is 9.07. The van der Waals surface area contributed by atoms with E-state index in [1.54, 1.807) is 0 Å². The molecule has 33 heavy (non-hydrogen) atoms. The van der Waals surface area contributed by atoms with E-state index in [0.717, 1.165) is 0 Å². The van der Waals surface area contributed by atoms with E-state index in [2.05, 4.69) is 46.5 Å². The molecule has 14 heteroatoms. The number of hydrogen-bond donors (Lipinski definition) is 3. The van der Waals surface area contributed by atoms with Gasteiger partial charge in [-0.25, -0.2) is 4.99 Å². The van der Waals surface area contributed by atoms with Gasteiger partial charge in [-0.1, -0.05) is 0 Å². The number of aliphatic imine (C=N–C) groups is 3. The molecule has 10 nitrogen and oxygen atoms in total. The maximum absolute atomic E-state index is 13.4. The second kappa shape index (κ2) is 7.96. The summed E-state index contributed by atoms with van der Waals surface area (Å²) in [7, 11) is 1.42. The standard InChI is InChI=1S/C19H14F4N6O4/c1-24-16(26-9-3-5-12-11(7-9)28-15(30)18(20,21)31-12)29-17(25-2)27-10-4-6-13-14(8-10)33-19(22,23)32-13/h3-8H,2H2,1H3,(H,28,30)(H2,24,26,27,29). The van der Waals surface area contributed by atoms with Crippen molar-refractivity contribution in [2.24, 2.45) is 15.0 Å². The topological polar surface area (TPSA) is 118 Å². The second-order valence-electron chi connectivity index (χ2n) is 6.50. The molecule has 0 unspecified atom stereocenters. The van der Waals surface area contributed by atoms with Gasteiger partial charge < -0.3 is 30.2 Å². The number of carbonyl (C=O) groups is 1. The average molecular weight is 466 g/mol. The predicted octanol–water partition coefficient (Wildman–Crippen LogP) is 3.50. The SMILES string of the molecule is C=NC(=NC(=NC)Nc1ccc2c(c1)NC(=O)C(F)(F)O2)Nc1ccc2c(c1)OC(F)(F)O2. The number of halogens is 4. The molecule has 4 rings (SSSR count). The number of fused-ring (bicyclic) bond motifs is 2. The van der Waals surface area contributed by atoms with Crippen LogP contribution in [0.15, 0.2) is 51.4 Å². The van der Waals surface area contributed by atoms with Gasteiger partial charge in [0.05, 0.1) is 5.69 Å². The van der Waals surface area contributed by atoms with Crippen molar-refractivity contribution in [3.8, 4) is 17.2 Å². The largest absolute Gasteiger partial charge is 0.586 e. The molecule has 0 bridgehead atoms. The zero-order valence-corrected chi connectivity index (χ0v) is 16.7. The summed E-state index contributed by atoms with van der Waals surface area (Å²) in [6, 6.07) is 7.95. The minimum Gasteiger partial charge on any atom is -0.423 e. The van der Waals surface area contributed by atoms with Gasteiger partial charge in [-0.15, -0.1) is 8.78 Å². The highest BCUT2D eigenvalue weighted by atomic mass is 19.3. The lowest BCUT2D eigenvalue weighted by molar-refractivity contribution is -0.286. The minimum absolute atomic E-state index is 0.0190. The number of nitrogens with zero attached hydrogens (tertiary/aromatic N) is 3. The third-order valence-corrected chi connectivity index (χ3v) is 4.22. The lowest BCUT2D eigenvalue weighted by Gasteiger charge is -2.25. The molecule has 0 spiro atoms. The molecule has 172 valence electrons. The Morgan fingerprint density at radius 2 is 1.58 bits per heavy atom. The highest BCUT2D eigenvalue weighted by molar-refractivity contribution is 6.08. The molecular formula is C19H14F4N6O4. The first-order chi connectivity index (χ1) is 15.6. The van der Waals surface area contributed by atoms with Crippen molar-refractivity contribution >= 4 is 41.6 Å². The van der Waals surface area contributed by atoms with Crippen LogP contribution in [0.4, 0.5) is 34.6 Å². The number of benzene rings is 2. The van der Waals surface area contributed by atoms with Crippen molar-refractivity contribution in [3.05, 3.63) is 36.4 Å². The Labute approximate surface area is 183 Å². The van der Waals surface area contributed by atoms with E-state index in [1.165, 1.54) is 43.4 Å². The summed E-state index contributed by atoms with van der Waals surface area (Å²) in [6.07, 6.45) is -7.72. The maximum Gasteiger partial charge on any atom is 0.586 e. The lowest BCUT2D eigenvalue weighted by Crippen LogP contribution is -2.43. The van der Waals surface area contributed by atoms with Gasteiger partial charge in [0.15, 0.2) is 17.2 Å². The van der Waals surface area contributed by atoms with Gasteiger partial charge in [0, 0.05) is 24.5 Å². The summed E-state index contributed by atoms with van der Waals surface area (Å²) in [5, 5.41) is 7.62. The molecule has 0 aliphatic carbocycles. The Kier molecular flexibility index (Phi) is 5.27. The van der Waals surface area contributed by atoms with E-state index < -0.39 is 18.3 Å². The fraction of sp³-hybridized carbons (Fsp3) is 0.158. The summed E-state index contributed by atoms with van der Waals surface area (Å²) in [5.74, 6) is -2.16. The van der Waals surface area contributed by atoms with Gasteiger partial charge >= 0.3 is 18.3 Å². The summed E-state index contributed by atoms with van der Waals surface area (Å²) in [6.45, 7) is 3.39. The summed E-state index contributed by atoms with van der Waals surface area (Å²) < 4.78 is 66.2. The van der Waals surface area contributed by atoms with Gasteiger partial charge in [-0.3, -0.25) is 9.79 Å². The van der Waals surface area contributed by atoms with Crippen molar-refractivity contribution in [2.45, 2.75) is 12.4 Å². The Hall–Kier alpha value is -4.36. The average Bonchev–Trinajstić information content (AvgIpc) is 3.06. The molecule has 2 aromatic carbocycles. The van der Waals surface area contributed by atoms with Crippen molar-refractivity contribution in [1.82, 2.24) is 0 Å². The smallest absolute Gasteiger partial charge is 0.423 e. The van der Waals surface area contributed by atoms with Crippen molar-refractivity contribution in [2.75, 3.05) is 23.0 Å². The zero-order valence-electron chi connectivity index (χ0n) is 16.7. The van der Waals surface area contributed by atoms with E-state index in [4.69, 9.17) is 0 Å². The quantitative estimate of drug-likeness (QED) is 0.354. The molecule has 0 aromatic heterocycles. The molecule has 2 heterocycles. The number of hydrogen-bond acceptors (Lipinski definition) is 5. The van der Waals surface area contributed by atoms with Crippen LogP contribution in [0.1, 0.15) is 0 Å². The number of rotatable bonds is 2. The molecule has 0 fully saturated rings. The number of carbonyl (C=O) groups excluding carboxylic acids is 1. The van der Waals surface area contributed by atoms with E-state index in [1.807, 2.05) is 5.32 Å². The monoisotopic (exact) mass is 466 g/mol. The Balaban J connectivity index is 1.49. The molecule has 3 N–H and O–H groups in total. The first kappa shape index (κ1) is 21.9. The zero-order chi connectivity index (χ0) is 23.8. The van der Waals surface area contributed by atoms with Gasteiger partial charge in [-0.05, 0) is 37.0 Å². The summed E-state index contributed by atoms with van der Waals surface area (Å²) in [5.41, 5.74) is 0.653. The molecule has 2 aliphatic rings. The van der Waals surface area contributed by atoms with E-state index >= 15 is 0 Å². The number of guanidine groups is 2. The van der Waals surface area contributed by atoms with Crippen LogP contribution in [0.3, 0.4) is 0 Å². The van der Waals surface area contributed by atoms with Crippen molar-refractivity contribution < 1.29 is 36.6 Å². The fourth-order valence-corrected chi connectivity index (χ4v) is 2.80. The molecule has 0 saturated carbocycles.